The van der Waals surface area contributed by atoms with Gasteiger partial charge in [-0.2, -0.15) is 5.10 Å². The topological polar surface area (TPSA) is 95.1 Å². The molecule has 1 aromatic heterocycles. The lowest BCUT2D eigenvalue weighted by Gasteiger charge is -2.11. The van der Waals surface area contributed by atoms with Crippen LogP contribution in [-0.2, 0) is 4.79 Å². The van der Waals surface area contributed by atoms with Gasteiger partial charge in [0.1, 0.15) is 11.5 Å². The molecule has 120 valence electrons. The van der Waals surface area contributed by atoms with Crippen molar-refractivity contribution < 1.29 is 19.1 Å². The SMILES string of the molecule is O=C(N[C@@H]1CC[C@H](C(=O)O)C1)c1cc(-c2ccc(F)cc2)n[nH]1. The van der Waals surface area contributed by atoms with E-state index in [0.29, 0.717) is 36.2 Å². The molecular formula is C16H16FN3O3. The van der Waals surface area contributed by atoms with Crippen LogP contribution in [0.25, 0.3) is 11.3 Å². The summed E-state index contributed by atoms with van der Waals surface area (Å²) < 4.78 is 12.9. The number of aromatic nitrogens is 2. The molecule has 2 aromatic rings. The molecule has 0 aliphatic heterocycles. The van der Waals surface area contributed by atoms with Crippen molar-refractivity contribution in [3.63, 3.8) is 0 Å². The molecule has 1 fully saturated rings. The highest BCUT2D eigenvalue weighted by molar-refractivity contribution is 5.93. The number of hydrogen-bond acceptors (Lipinski definition) is 3. The summed E-state index contributed by atoms with van der Waals surface area (Å²) in [7, 11) is 0. The van der Waals surface area contributed by atoms with Gasteiger partial charge in [0.05, 0.1) is 11.6 Å². The lowest BCUT2D eigenvalue weighted by atomic mass is 10.1. The van der Waals surface area contributed by atoms with Gasteiger partial charge in [-0.1, -0.05) is 0 Å². The van der Waals surface area contributed by atoms with Crippen LogP contribution in [0, 0.1) is 11.7 Å². The van der Waals surface area contributed by atoms with Crippen LogP contribution < -0.4 is 5.32 Å². The van der Waals surface area contributed by atoms with Gasteiger partial charge in [-0.3, -0.25) is 14.7 Å². The minimum atomic E-state index is -0.818. The zero-order valence-electron chi connectivity index (χ0n) is 12.3. The minimum absolute atomic E-state index is 0.138. The van der Waals surface area contributed by atoms with E-state index in [4.69, 9.17) is 5.11 Å². The summed E-state index contributed by atoms with van der Waals surface area (Å²) in [4.78, 5) is 23.1. The number of amides is 1. The van der Waals surface area contributed by atoms with Gasteiger partial charge in [0.15, 0.2) is 0 Å². The number of aliphatic carboxylic acids is 1. The van der Waals surface area contributed by atoms with E-state index in [1.54, 1.807) is 18.2 Å². The highest BCUT2D eigenvalue weighted by Gasteiger charge is 2.30. The Labute approximate surface area is 131 Å². The Kier molecular flexibility index (Phi) is 4.10. The zero-order chi connectivity index (χ0) is 16.4. The molecule has 1 amide bonds. The second-order valence-electron chi connectivity index (χ2n) is 5.69. The van der Waals surface area contributed by atoms with Crippen LogP contribution in [0.1, 0.15) is 29.8 Å². The Morgan fingerprint density at radius 1 is 1.26 bits per heavy atom. The summed E-state index contributed by atoms with van der Waals surface area (Å²) in [6, 6.07) is 7.28. The predicted octanol–water partition coefficient (Wildman–Crippen LogP) is 2.20. The molecule has 7 heteroatoms. The molecule has 1 saturated carbocycles. The van der Waals surface area contributed by atoms with Crippen LogP contribution in [0.5, 0.6) is 0 Å². The van der Waals surface area contributed by atoms with Crippen LogP contribution >= 0.6 is 0 Å². The first-order chi connectivity index (χ1) is 11.0. The van der Waals surface area contributed by atoms with Crippen molar-refractivity contribution in [2.75, 3.05) is 0 Å². The van der Waals surface area contributed by atoms with Gasteiger partial charge in [-0.05, 0) is 49.6 Å². The number of nitrogens with zero attached hydrogens (tertiary/aromatic N) is 1. The van der Waals surface area contributed by atoms with E-state index in [0.717, 1.165) is 0 Å². The van der Waals surface area contributed by atoms with E-state index in [2.05, 4.69) is 15.5 Å². The smallest absolute Gasteiger partial charge is 0.306 e. The van der Waals surface area contributed by atoms with Crippen molar-refractivity contribution in [1.82, 2.24) is 15.5 Å². The minimum Gasteiger partial charge on any atom is -0.481 e. The summed E-state index contributed by atoms with van der Waals surface area (Å²) in [6.07, 6.45) is 1.67. The normalized spacial score (nSPS) is 20.4. The number of carbonyl (C=O) groups excluding carboxylic acids is 1. The van der Waals surface area contributed by atoms with Gasteiger partial charge in [-0.15, -0.1) is 0 Å². The van der Waals surface area contributed by atoms with Gasteiger partial charge < -0.3 is 10.4 Å². The van der Waals surface area contributed by atoms with Gasteiger partial charge >= 0.3 is 5.97 Å². The van der Waals surface area contributed by atoms with Crippen LogP contribution in [0.15, 0.2) is 30.3 Å². The Morgan fingerprint density at radius 2 is 2.00 bits per heavy atom. The number of benzene rings is 1. The van der Waals surface area contributed by atoms with Crippen LogP contribution in [0.2, 0.25) is 0 Å². The molecule has 3 N–H and O–H groups in total. The van der Waals surface area contributed by atoms with Crippen molar-refractivity contribution in [2.24, 2.45) is 5.92 Å². The summed E-state index contributed by atoms with van der Waals surface area (Å²) in [5, 5.41) is 18.5. The molecule has 1 aliphatic carbocycles. The van der Waals surface area contributed by atoms with Gasteiger partial charge in [-0.25, -0.2) is 4.39 Å². The molecule has 23 heavy (non-hydrogen) atoms. The largest absolute Gasteiger partial charge is 0.481 e. The van der Waals surface area contributed by atoms with Crippen molar-refractivity contribution >= 4 is 11.9 Å². The molecule has 1 aromatic carbocycles. The average Bonchev–Trinajstić information content (AvgIpc) is 3.17. The summed E-state index contributed by atoms with van der Waals surface area (Å²) in [6.45, 7) is 0. The second kappa shape index (κ2) is 6.20. The third-order valence-corrected chi connectivity index (χ3v) is 4.08. The Morgan fingerprint density at radius 3 is 2.65 bits per heavy atom. The highest BCUT2D eigenvalue weighted by atomic mass is 19.1. The molecule has 0 saturated heterocycles. The molecule has 1 heterocycles. The van der Waals surface area contributed by atoms with Crippen molar-refractivity contribution in [3.8, 4) is 11.3 Å². The van der Waals surface area contributed by atoms with Gasteiger partial charge in [0, 0.05) is 11.6 Å². The van der Waals surface area contributed by atoms with E-state index < -0.39 is 11.9 Å². The number of rotatable bonds is 4. The molecule has 0 bridgehead atoms. The van der Waals surface area contributed by atoms with E-state index >= 15 is 0 Å². The molecule has 0 radical (unpaired) electrons. The van der Waals surface area contributed by atoms with Crippen LogP contribution in [0.3, 0.4) is 0 Å². The number of aromatic amines is 1. The standard InChI is InChI=1S/C16H16FN3O3/c17-11-4-1-9(2-5-11)13-8-14(20-19-13)15(21)18-12-6-3-10(7-12)16(22)23/h1-2,4-5,8,10,12H,3,6-7H2,(H,18,21)(H,19,20)(H,22,23)/t10-,12+/m0/s1. The van der Waals surface area contributed by atoms with Crippen molar-refractivity contribution in [1.29, 1.82) is 0 Å². The van der Waals surface area contributed by atoms with Gasteiger partial charge in [0.2, 0.25) is 0 Å². The second-order valence-corrected chi connectivity index (χ2v) is 5.69. The first-order valence-electron chi connectivity index (χ1n) is 7.38. The maximum Gasteiger partial charge on any atom is 0.306 e. The number of hydrogen-bond donors (Lipinski definition) is 3. The van der Waals surface area contributed by atoms with Crippen LogP contribution in [0.4, 0.5) is 4.39 Å². The predicted molar refractivity (Wildman–Crippen MR) is 80.2 cm³/mol. The summed E-state index contributed by atoms with van der Waals surface area (Å²) >= 11 is 0. The summed E-state index contributed by atoms with van der Waals surface area (Å²) in [5.41, 5.74) is 1.54. The monoisotopic (exact) mass is 317 g/mol. The van der Waals surface area contributed by atoms with Gasteiger partial charge in [0.25, 0.3) is 5.91 Å². The van der Waals surface area contributed by atoms with E-state index in [1.807, 2.05) is 0 Å². The number of H-pyrrole nitrogens is 1. The average molecular weight is 317 g/mol. The van der Waals surface area contributed by atoms with Crippen molar-refractivity contribution in [2.45, 2.75) is 25.3 Å². The highest BCUT2D eigenvalue weighted by Crippen LogP contribution is 2.26. The molecule has 0 unspecified atom stereocenters. The Balaban J connectivity index is 1.65. The summed E-state index contributed by atoms with van der Waals surface area (Å²) in [5.74, 6) is -1.86. The molecule has 3 rings (SSSR count). The number of carbonyl (C=O) groups is 2. The first kappa shape index (κ1) is 15.2. The Bertz CT molecular complexity index is 726. The molecule has 0 spiro atoms. The Hall–Kier alpha value is -2.70. The fourth-order valence-corrected chi connectivity index (χ4v) is 2.81. The van der Waals surface area contributed by atoms with E-state index in [-0.39, 0.29) is 17.8 Å². The first-order valence-corrected chi connectivity index (χ1v) is 7.38. The quantitative estimate of drug-likeness (QED) is 0.805. The zero-order valence-corrected chi connectivity index (χ0v) is 12.3. The molecule has 2 atom stereocenters. The van der Waals surface area contributed by atoms with E-state index in [1.165, 1.54) is 12.1 Å². The maximum atomic E-state index is 12.9. The lowest BCUT2D eigenvalue weighted by Crippen LogP contribution is -2.33. The third-order valence-electron chi connectivity index (χ3n) is 4.08. The number of carboxylic acids is 1. The fraction of sp³-hybridized carbons (Fsp3) is 0.312. The molecule has 1 aliphatic rings. The van der Waals surface area contributed by atoms with E-state index in [9.17, 15) is 14.0 Å². The third kappa shape index (κ3) is 3.39. The molecular weight excluding hydrogens is 301 g/mol. The van der Waals surface area contributed by atoms with Crippen molar-refractivity contribution in [3.05, 3.63) is 41.8 Å². The molecule has 6 nitrogen and oxygen atoms in total. The number of halogens is 1. The fourth-order valence-electron chi connectivity index (χ4n) is 2.81. The van der Waals surface area contributed by atoms with Crippen LogP contribution in [-0.4, -0.2) is 33.2 Å². The number of carboxylic acid groups (broad SMARTS) is 1. The lowest BCUT2D eigenvalue weighted by molar-refractivity contribution is -0.141. The maximum absolute atomic E-state index is 12.9. The number of nitrogens with one attached hydrogen (secondary N) is 2.